The molecular weight excluding hydrogens is 322 g/mol. The normalized spacial score (nSPS) is 16.8. The van der Waals surface area contributed by atoms with Gasteiger partial charge in [-0.3, -0.25) is 4.90 Å². The molecule has 2 N–H and O–H groups in total. The molecule has 1 aliphatic heterocycles. The van der Waals surface area contributed by atoms with Gasteiger partial charge in [0.05, 0.1) is 11.6 Å². The van der Waals surface area contributed by atoms with Crippen molar-refractivity contribution in [1.82, 2.24) is 10.2 Å². The molecule has 0 saturated carbocycles. The summed E-state index contributed by atoms with van der Waals surface area (Å²) in [5.74, 6) is 0.283. The number of phenols is 1. The quantitative estimate of drug-likeness (QED) is 0.832. The first-order valence-corrected chi connectivity index (χ1v) is 8.94. The highest BCUT2D eigenvalue weighted by Gasteiger charge is 2.12. The Hall–Kier alpha value is -2.61. The van der Waals surface area contributed by atoms with Gasteiger partial charge >= 0.3 is 0 Å². The fourth-order valence-corrected chi connectivity index (χ4v) is 2.96. The molecule has 1 aliphatic rings. The van der Waals surface area contributed by atoms with Crippen LogP contribution < -0.4 is 5.32 Å². The highest BCUT2D eigenvalue weighted by Crippen LogP contribution is 2.15. The molecule has 1 saturated heterocycles. The molecule has 26 heavy (non-hydrogen) atoms. The summed E-state index contributed by atoms with van der Waals surface area (Å²) in [5.41, 5.74) is 2.86. The van der Waals surface area contributed by atoms with E-state index >= 15 is 0 Å². The smallest absolute Gasteiger partial charge is 0.115 e. The summed E-state index contributed by atoms with van der Waals surface area (Å²) in [7, 11) is 0. The van der Waals surface area contributed by atoms with Gasteiger partial charge in [-0.2, -0.15) is 5.26 Å². The molecule has 3 rings (SSSR count). The van der Waals surface area contributed by atoms with Crippen molar-refractivity contribution in [3.63, 3.8) is 0 Å². The predicted molar refractivity (Wildman–Crippen MR) is 106 cm³/mol. The minimum Gasteiger partial charge on any atom is -0.508 e. The first-order valence-electron chi connectivity index (χ1n) is 8.94. The number of rotatable bonds is 4. The van der Waals surface area contributed by atoms with Crippen molar-refractivity contribution in [2.45, 2.75) is 19.4 Å². The van der Waals surface area contributed by atoms with E-state index in [1.54, 1.807) is 24.3 Å². The summed E-state index contributed by atoms with van der Waals surface area (Å²) < 4.78 is 0. The summed E-state index contributed by atoms with van der Waals surface area (Å²) in [5, 5.41) is 21.4. The van der Waals surface area contributed by atoms with E-state index < -0.39 is 0 Å². The Labute approximate surface area is 156 Å². The number of piperazine rings is 1. The summed E-state index contributed by atoms with van der Waals surface area (Å²) in [6.07, 6.45) is 2.73. The van der Waals surface area contributed by atoms with Crippen molar-refractivity contribution in [2.75, 3.05) is 26.2 Å². The minimum atomic E-state index is 0.283. The van der Waals surface area contributed by atoms with E-state index in [9.17, 15) is 5.11 Å². The number of hydrogen-bond acceptors (Lipinski definition) is 4. The molecule has 1 heterocycles. The van der Waals surface area contributed by atoms with Crippen LogP contribution in [0.1, 0.15) is 23.6 Å². The summed E-state index contributed by atoms with van der Waals surface area (Å²) >= 11 is 0. The van der Waals surface area contributed by atoms with E-state index in [0.29, 0.717) is 11.6 Å². The molecule has 1 unspecified atom stereocenters. The van der Waals surface area contributed by atoms with Gasteiger partial charge in [-0.1, -0.05) is 30.3 Å². The lowest BCUT2D eigenvalue weighted by molar-refractivity contribution is 0.226. The van der Waals surface area contributed by atoms with Crippen molar-refractivity contribution in [1.29, 1.82) is 5.26 Å². The Morgan fingerprint density at radius 2 is 2.04 bits per heavy atom. The van der Waals surface area contributed by atoms with E-state index in [2.05, 4.69) is 29.8 Å². The van der Waals surface area contributed by atoms with E-state index in [0.717, 1.165) is 43.7 Å². The topological polar surface area (TPSA) is 59.3 Å². The van der Waals surface area contributed by atoms with Crippen LogP contribution in [-0.4, -0.2) is 42.2 Å². The Kier molecular flexibility index (Phi) is 7.88. The molecule has 0 aromatic heterocycles. The van der Waals surface area contributed by atoms with Crippen LogP contribution in [0.4, 0.5) is 0 Å². The van der Waals surface area contributed by atoms with Crippen molar-refractivity contribution >= 4 is 0 Å². The molecule has 4 nitrogen and oxygen atoms in total. The number of aromatic hydroxyl groups is 1. The average molecular weight is 349 g/mol. The van der Waals surface area contributed by atoms with Gasteiger partial charge in [0.2, 0.25) is 0 Å². The van der Waals surface area contributed by atoms with Gasteiger partial charge < -0.3 is 10.4 Å². The standard InChI is InChI=1S/C14H11NO.C8H16N2/c15-10-12-6-4-11(5-7-12)8-13-2-1-3-14(16)9-13;1-3-5-10-6-4-9-8(2)7-10/h1-7,9,16H,8H2;3,8-9H,1,4-7H2,2H3. The number of nitrogens with one attached hydrogen (secondary N) is 1. The molecule has 0 aliphatic carbocycles. The Bertz CT molecular complexity index is 734. The third-order valence-corrected chi connectivity index (χ3v) is 4.24. The summed E-state index contributed by atoms with van der Waals surface area (Å²) in [6, 6.07) is 17.4. The average Bonchev–Trinajstić information content (AvgIpc) is 2.63. The monoisotopic (exact) mass is 349 g/mol. The first-order chi connectivity index (χ1) is 12.6. The second kappa shape index (κ2) is 10.4. The molecular formula is C22H27N3O. The summed E-state index contributed by atoms with van der Waals surface area (Å²) in [4.78, 5) is 2.41. The highest BCUT2D eigenvalue weighted by molar-refractivity contribution is 5.35. The maximum atomic E-state index is 9.33. The molecule has 2 aromatic carbocycles. The molecule has 0 amide bonds. The van der Waals surface area contributed by atoms with Crippen LogP contribution in [0.3, 0.4) is 0 Å². The largest absolute Gasteiger partial charge is 0.508 e. The fraction of sp³-hybridized carbons (Fsp3) is 0.318. The van der Waals surface area contributed by atoms with E-state index in [1.165, 1.54) is 0 Å². The van der Waals surface area contributed by atoms with Gasteiger partial charge in [0.15, 0.2) is 0 Å². The second-order valence-corrected chi connectivity index (χ2v) is 6.56. The number of nitrogens with zero attached hydrogens (tertiary/aromatic N) is 2. The molecule has 136 valence electrons. The second-order valence-electron chi connectivity index (χ2n) is 6.56. The van der Waals surface area contributed by atoms with Crippen molar-refractivity contribution in [3.8, 4) is 11.8 Å². The maximum absolute atomic E-state index is 9.33. The SMILES string of the molecule is C=CCN1CCNC(C)C1.N#Cc1ccc(Cc2cccc(O)c2)cc1. The zero-order valence-corrected chi connectivity index (χ0v) is 15.4. The van der Waals surface area contributed by atoms with E-state index in [-0.39, 0.29) is 5.75 Å². The Morgan fingerprint density at radius 3 is 2.65 bits per heavy atom. The molecule has 0 spiro atoms. The third-order valence-electron chi connectivity index (χ3n) is 4.24. The van der Waals surface area contributed by atoms with Crippen LogP contribution in [0, 0.1) is 11.3 Å². The number of benzene rings is 2. The zero-order valence-electron chi connectivity index (χ0n) is 15.4. The molecule has 0 bridgehead atoms. The Balaban J connectivity index is 0.000000209. The van der Waals surface area contributed by atoms with Gasteiger partial charge in [0.25, 0.3) is 0 Å². The van der Waals surface area contributed by atoms with Crippen LogP contribution in [0.15, 0.2) is 61.2 Å². The van der Waals surface area contributed by atoms with Crippen LogP contribution >= 0.6 is 0 Å². The molecule has 1 atom stereocenters. The fourth-order valence-electron chi connectivity index (χ4n) is 2.96. The zero-order chi connectivity index (χ0) is 18.8. The molecule has 1 fully saturated rings. The van der Waals surface area contributed by atoms with Gasteiger partial charge in [0, 0.05) is 32.2 Å². The van der Waals surface area contributed by atoms with E-state index in [1.807, 2.05) is 30.3 Å². The molecule has 0 radical (unpaired) electrons. The third kappa shape index (κ3) is 6.72. The van der Waals surface area contributed by atoms with Gasteiger partial charge in [-0.05, 0) is 48.7 Å². The summed E-state index contributed by atoms with van der Waals surface area (Å²) in [6.45, 7) is 10.4. The van der Waals surface area contributed by atoms with E-state index in [4.69, 9.17) is 5.26 Å². The number of phenolic OH excluding ortho intramolecular Hbond substituents is 1. The van der Waals surface area contributed by atoms with Gasteiger partial charge in [-0.15, -0.1) is 6.58 Å². The molecule has 2 aromatic rings. The first kappa shape index (κ1) is 19.7. The van der Waals surface area contributed by atoms with Crippen molar-refractivity contribution in [3.05, 3.63) is 77.9 Å². The number of nitriles is 1. The molecule has 4 heteroatoms. The highest BCUT2D eigenvalue weighted by atomic mass is 16.3. The predicted octanol–water partition coefficient (Wildman–Crippen LogP) is 3.32. The minimum absolute atomic E-state index is 0.283. The van der Waals surface area contributed by atoms with Crippen LogP contribution in [-0.2, 0) is 6.42 Å². The number of hydrogen-bond donors (Lipinski definition) is 2. The van der Waals surface area contributed by atoms with Crippen LogP contribution in [0.25, 0.3) is 0 Å². The van der Waals surface area contributed by atoms with Crippen molar-refractivity contribution < 1.29 is 5.11 Å². The van der Waals surface area contributed by atoms with Crippen LogP contribution in [0.5, 0.6) is 5.75 Å². The lowest BCUT2D eigenvalue weighted by Crippen LogP contribution is -2.49. The van der Waals surface area contributed by atoms with Crippen LogP contribution in [0.2, 0.25) is 0 Å². The lowest BCUT2D eigenvalue weighted by Gasteiger charge is -2.30. The van der Waals surface area contributed by atoms with Gasteiger partial charge in [-0.25, -0.2) is 0 Å². The maximum Gasteiger partial charge on any atom is 0.115 e. The van der Waals surface area contributed by atoms with Gasteiger partial charge in [0.1, 0.15) is 5.75 Å². The Morgan fingerprint density at radius 1 is 1.27 bits per heavy atom. The lowest BCUT2D eigenvalue weighted by atomic mass is 10.0. The van der Waals surface area contributed by atoms with Crippen molar-refractivity contribution in [2.24, 2.45) is 0 Å².